The van der Waals surface area contributed by atoms with Gasteiger partial charge < -0.3 is 14.5 Å². The van der Waals surface area contributed by atoms with E-state index in [2.05, 4.69) is 257 Å². The maximum Gasteiger partial charge on any atom is 0.137 e. The molecule has 3 heterocycles. The quantitative estimate of drug-likeness (QED) is 0.137. The standard InChI is InChI=1S/C60H56N4O/c1-58(2,3)46-29-30-61-57(38-46)64-55-26-18-17-25-53(55)54-28-27-51(40-56(54)64)65-52-34-43(42-19-11-8-12-20-42)33-49(39-52)62-31-32-63(41-62)50-36-47(59(4,5)44-21-13-9-14-22-44)35-48(37-50)60(6,7)45-23-15-10-16-24-45/h8-40H,41H2,1-7H3. The summed E-state index contributed by atoms with van der Waals surface area (Å²) < 4.78 is 9.19. The lowest BCUT2D eigenvalue weighted by Gasteiger charge is -2.33. The SMILES string of the molecule is CC(C)(C)c1ccnc(-n2c3ccccc3c3ccc(Oc4cc(-c5ccccc5)cc(N5C=CN(c6cc(C(C)(C)c7ccccc7)cc(C(C)(C)c7ccccc7)c6)C5)c4)cc32)c1. The van der Waals surface area contributed by atoms with Gasteiger partial charge in [0, 0.05) is 63.7 Å². The first-order valence-electron chi connectivity index (χ1n) is 22.7. The minimum atomic E-state index is -0.220. The van der Waals surface area contributed by atoms with E-state index in [1.54, 1.807) is 0 Å². The summed E-state index contributed by atoms with van der Waals surface area (Å²) >= 11 is 0. The lowest BCUT2D eigenvalue weighted by molar-refractivity contribution is 0.483. The Morgan fingerprint density at radius 2 is 1.00 bits per heavy atom. The van der Waals surface area contributed by atoms with E-state index in [1.165, 1.54) is 33.2 Å². The van der Waals surface area contributed by atoms with E-state index >= 15 is 0 Å². The number of hydrogen-bond donors (Lipinski definition) is 0. The first kappa shape index (κ1) is 41.6. The normalized spacial score (nSPS) is 13.3. The van der Waals surface area contributed by atoms with Gasteiger partial charge in [0.15, 0.2) is 0 Å². The number of fused-ring (bicyclic) bond motifs is 3. The van der Waals surface area contributed by atoms with Crippen LogP contribution in [0.2, 0.25) is 0 Å². The Bertz CT molecular complexity index is 3120. The summed E-state index contributed by atoms with van der Waals surface area (Å²) in [5.41, 5.74) is 12.5. The van der Waals surface area contributed by atoms with Crippen LogP contribution in [0.4, 0.5) is 11.4 Å². The molecule has 0 bridgehead atoms. The first-order valence-corrected chi connectivity index (χ1v) is 22.7. The van der Waals surface area contributed by atoms with Crippen molar-refractivity contribution in [3.05, 3.63) is 228 Å². The molecule has 2 aromatic heterocycles. The molecule has 1 aliphatic heterocycles. The molecule has 0 aliphatic carbocycles. The maximum absolute atomic E-state index is 6.92. The van der Waals surface area contributed by atoms with Crippen LogP contribution >= 0.6 is 0 Å². The molecule has 9 aromatic rings. The molecule has 0 atom stereocenters. The largest absolute Gasteiger partial charge is 0.457 e. The number of benzene rings is 7. The zero-order valence-corrected chi connectivity index (χ0v) is 38.5. The van der Waals surface area contributed by atoms with Gasteiger partial charge in [-0.1, -0.05) is 164 Å². The predicted octanol–water partition coefficient (Wildman–Crippen LogP) is 15.3. The molecule has 0 amide bonds. The van der Waals surface area contributed by atoms with Crippen molar-refractivity contribution in [3.63, 3.8) is 0 Å². The molecule has 5 heteroatoms. The highest BCUT2D eigenvalue weighted by atomic mass is 16.5. The maximum atomic E-state index is 6.92. The van der Waals surface area contributed by atoms with Crippen molar-refractivity contribution >= 4 is 33.2 Å². The molecule has 10 rings (SSSR count). The molecular weight excluding hydrogens is 793 g/mol. The molecule has 322 valence electrons. The highest BCUT2D eigenvalue weighted by Gasteiger charge is 2.30. The Kier molecular flexibility index (Phi) is 10.5. The fourth-order valence-corrected chi connectivity index (χ4v) is 9.31. The molecule has 65 heavy (non-hydrogen) atoms. The number of rotatable bonds is 10. The van der Waals surface area contributed by atoms with E-state index in [1.807, 2.05) is 6.20 Å². The van der Waals surface area contributed by atoms with Crippen LogP contribution in [0.3, 0.4) is 0 Å². The Labute approximate surface area is 383 Å². The van der Waals surface area contributed by atoms with Gasteiger partial charge in [0.25, 0.3) is 0 Å². The molecule has 0 N–H and O–H groups in total. The van der Waals surface area contributed by atoms with Crippen LogP contribution in [-0.4, -0.2) is 16.2 Å². The van der Waals surface area contributed by atoms with Crippen molar-refractivity contribution in [1.29, 1.82) is 0 Å². The third-order valence-electron chi connectivity index (χ3n) is 13.5. The Morgan fingerprint density at radius 3 is 1.63 bits per heavy atom. The van der Waals surface area contributed by atoms with E-state index in [-0.39, 0.29) is 16.2 Å². The van der Waals surface area contributed by atoms with Crippen molar-refractivity contribution in [3.8, 4) is 28.4 Å². The zero-order valence-electron chi connectivity index (χ0n) is 38.5. The number of para-hydroxylation sites is 1. The van der Waals surface area contributed by atoms with E-state index in [0.29, 0.717) is 6.67 Å². The predicted molar refractivity (Wildman–Crippen MR) is 272 cm³/mol. The van der Waals surface area contributed by atoms with Crippen LogP contribution in [-0.2, 0) is 16.2 Å². The number of hydrogen-bond acceptors (Lipinski definition) is 4. The zero-order chi connectivity index (χ0) is 44.9. The summed E-state index contributed by atoms with van der Waals surface area (Å²) in [5.74, 6) is 2.42. The van der Waals surface area contributed by atoms with Gasteiger partial charge in [0.1, 0.15) is 17.3 Å². The van der Waals surface area contributed by atoms with E-state index in [4.69, 9.17) is 9.72 Å². The van der Waals surface area contributed by atoms with Crippen LogP contribution < -0.4 is 14.5 Å². The molecule has 0 radical (unpaired) electrons. The second-order valence-corrected chi connectivity index (χ2v) is 19.5. The van der Waals surface area contributed by atoms with Gasteiger partial charge in [-0.25, -0.2) is 4.98 Å². The van der Waals surface area contributed by atoms with E-state index in [0.717, 1.165) is 56.2 Å². The van der Waals surface area contributed by atoms with Crippen molar-refractivity contribution < 1.29 is 4.74 Å². The summed E-state index contributed by atoms with van der Waals surface area (Å²) in [5, 5.41) is 2.34. The van der Waals surface area contributed by atoms with Crippen LogP contribution in [0.15, 0.2) is 201 Å². The van der Waals surface area contributed by atoms with Crippen molar-refractivity contribution in [1.82, 2.24) is 9.55 Å². The second kappa shape index (κ2) is 16.3. The summed E-state index contributed by atoms with van der Waals surface area (Å²) in [6.07, 6.45) is 6.32. The van der Waals surface area contributed by atoms with Gasteiger partial charge >= 0.3 is 0 Å². The van der Waals surface area contributed by atoms with Gasteiger partial charge in [0.2, 0.25) is 0 Å². The Hall–Kier alpha value is -7.37. The van der Waals surface area contributed by atoms with Gasteiger partial charge in [0.05, 0.1) is 17.7 Å². The number of anilines is 2. The van der Waals surface area contributed by atoms with Crippen molar-refractivity contribution in [2.45, 2.75) is 64.7 Å². The molecule has 1 aliphatic rings. The topological polar surface area (TPSA) is 33.5 Å². The van der Waals surface area contributed by atoms with E-state index < -0.39 is 0 Å². The molecule has 0 spiro atoms. The molecule has 0 fully saturated rings. The lowest BCUT2D eigenvalue weighted by atomic mass is 9.73. The summed E-state index contributed by atoms with van der Waals surface area (Å²) in [6, 6.07) is 65.4. The highest BCUT2D eigenvalue weighted by Crippen LogP contribution is 2.42. The number of nitrogens with zero attached hydrogens (tertiary/aromatic N) is 4. The van der Waals surface area contributed by atoms with Crippen LogP contribution in [0, 0.1) is 0 Å². The third-order valence-corrected chi connectivity index (χ3v) is 13.5. The van der Waals surface area contributed by atoms with Crippen molar-refractivity contribution in [2.24, 2.45) is 0 Å². The van der Waals surface area contributed by atoms with Crippen LogP contribution in [0.5, 0.6) is 11.5 Å². The Morgan fingerprint density at radius 1 is 0.431 bits per heavy atom. The summed E-state index contributed by atoms with van der Waals surface area (Å²) in [6.45, 7) is 16.7. The fourth-order valence-electron chi connectivity index (χ4n) is 9.31. The lowest BCUT2D eigenvalue weighted by Crippen LogP contribution is -2.27. The average molecular weight is 849 g/mol. The number of pyridine rings is 1. The van der Waals surface area contributed by atoms with Gasteiger partial charge in [-0.2, -0.15) is 0 Å². The average Bonchev–Trinajstić information content (AvgIpc) is 3.96. The summed E-state index contributed by atoms with van der Waals surface area (Å²) in [4.78, 5) is 9.58. The second-order valence-electron chi connectivity index (χ2n) is 19.5. The molecular formula is C60H56N4O. The molecule has 0 saturated carbocycles. The van der Waals surface area contributed by atoms with Crippen molar-refractivity contribution in [2.75, 3.05) is 16.5 Å². The molecule has 7 aromatic carbocycles. The molecule has 5 nitrogen and oxygen atoms in total. The smallest absolute Gasteiger partial charge is 0.137 e. The number of aromatic nitrogens is 2. The summed E-state index contributed by atoms with van der Waals surface area (Å²) in [7, 11) is 0. The Balaban J connectivity index is 1.02. The molecule has 0 saturated heterocycles. The highest BCUT2D eigenvalue weighted by molar-refractivity contribution is 6.09. The number of ether oxygens (including phenoxy) is 1. The minimum Gasteiger partial charge on any atom is -0.457 e. The first-order chi connectivity index (χ1) is 31.3. The van der Waals surface area contributed by atoms with Gasteiger partial charge in [-0.15, -0.1) is 0 Å². The minimum absolute atomic E-state index is 0.0146. The fraction of sp³-hybridized carbons (Fsp3) is 0.183. The van der Waals surface area contributed by atoms with Gasteiger partial charge in [-0.3, -0.25) is 4.57 Å². The van der Waals surface area contributed by atoms with Crippen LogP contribution in [0.25, 0.3) is 38.8 Å². The monoisotopic (exact) mass is 848 g/mol. The van der Waals surface area contributed by atoms with Gasteiger partial charge in [-0.05, 0) is 99.0 Å². The van der Waals surface area contributed by atoms with Crippen LogP contribution in [0.1, 0.15) is 76.3 Å². The molecule has 0 unspecified atom stereocenters. The third kappa shape index (κ3) is 7.97. The van der Waals surface area contributed by atoms with E-state index in [9.17, 15) is 0 Å².